The van der Waals surface area contributed by atoms with Gasteiger partial charge >= 0.3 is 0 Å². The van der Waals surface area contributed by atoms with Crippen molar-refractivity contribution in [2.24, 2.45) is 7.05 Å². The maximum absolute atomic E-state index is 4.05. The van der Waals surface area contributed by atoms with E-state index in [2.05, 4.69) is 43.2 Å². The molecule has 0 spiro atoms. The molecule has 0 aliphatic carbocycles. The zero-order valence-corrected chi connectivity index (χ0v) is 10.9. The molecule has 15 heavy (non-hydrogen) atoms. The van der Waals surface area contributed by atoms with Gasteiger partial charge in [-0.05, 0) is 20.8 Å². The van der Waals surface area contributed by atoms with E-state index in [4.69, 9.17) is 0 Å². The van der Waals surface area contributed by atoms with Crippen molar-refractivity contribution in [3.63, 3.8) is 0 Å². The molecule has 5 heteroatoms. The number of aromatic nitrogens is 3. The van der Waals surface area contributed by atoms with Crippen LogP contribution in [0, 0.1) is 0 Å². The van der Waals surface area contributed by atoms with Gasteiger partial charge in [0.05, 0.1) is 0 Å². The summed E-state index contributed by atoms with van der Waals surface area (Å²) in [6.07, 6.45) is 1.73. The Morgan fingerprint density at radius 1 is 1.53 bits per heavy atom. The molecule has 0 aromatic carbocycles. The lowest BCUT2D eigenvalue weighted by Gasteiger charge is -2.22. The van der Waals surface area contributed by atoms with Crippen LogP contribution < -0.4 is 5.32 Å². The molecule has 0 saturated carbocycles. The number of nitrogens with one attached hydrogen (secondary N) is 1. The van der Waals surface area contributed by atoms with Gasteiger partial charge in [0.25, 0.3) is 0 Å². The fourth-order valence-corrected chi connectivity index (χ4v) is 1.89. The van der Waals surface area contributed by atoms with Gasteiger partial charge in [0, 0.05) is 24.4 Å². The van der Waals surface area contributed by atoms with Crippen molar-refractivity contribution in [3.8, 4) is 0 Å². The number of hydrogen-bond acceptors (Lipinski definition) is 4. The van der Waals surface area contributed by atoms with Crippen molar-refractivity contribution in [1.82, 2.24) is 20.1 Å². The number of aryl methyl sites for hydroxylation is 1. The van der Waals surface area contributed by atoms with E-state index in [1.54, 1.807) is 18.1 Å². The smallest absolute Gasteiger partial charge is 0.191 e. The first kappa shape index (κ1) is 12.5. The normalized spacial score (nSPS) is 14.2. The van der Waals surface area contributed by atoms with Gasteiger partial charge < -0.3 is 9.88 Å². The molecular weight excluding hydrogens is 208 g/mol. The highest BCUT2D eigenvalue weighted by Crippen LogP contribution is 2.19. The topological polar surface area (TPSA) is 42.7 Å². The molecule has 0 fully saturated rings. The van der Waals surface area contributed by atoms with Gasteiger partial charge in [0.15, 0.2) is 5.16 Å². The molecule has 1 unspecified atom stereocenters. The highest BCUT2D eigenvalue weighted by Gasteiger charge is 2.13. The SMILES string of the molecule is CC(CNC(C)(C)C)Sc1nncn1C. The molecular formula is C10H20N4S. The summed E-state index contributed by atoms with van der Waals surface area (Å²) in [6, 6.07) is 0. The van der Waals surface area contributed by atoms with Crippen LogP contribution in [0.2, 0.25) is 0 Å². The number of thioether (sulfide) groups is 1. The van der Waals surface area contributed by atoms with Crippen LogP contribution in [0.1, 0.15) is 27.7 Å². The quantitative estimate of drug-likeness (QED) is 0.796. The summed E-state index contributed by atoms with van der Waals surface area (Å²) in [5.41, 5.74) is 0.175. The fourth-order valence-electron chi connectivity index (χ4n) is 1.05. The van der Waals surface area contributed by atoms with E-state index >= 15 is 0 Å². The largest absolute Gasteiger partial charge is 0.312 e. The van der Waals surface area contributed by atoms with Crippen molar-refractivity contribution in [2.75, 3.05) is 6.54 Å². The zero-order chi connectivity index (χ0) is 11.5. The zero-order valence-electron chi connectivity index (χ0n) is 10.1. The van der Waals surface area contributed by atoms with Crippen molar-refractivity contribution in [3.05, 3.63) is 6.33 Å². The monoisotopic (exact) mass is 228 g/mol. The third-order valence-electron chi connectivity index (χ3n) is 1.90. The molecule has 0 bridgehead atoms. The molecule has 1 aromatic rings. The van der Waals surface area contributed by atoms with Crippen molar-refractivity contribution in [2.45, 2.75) is 43.6 Å². The maximum Gasteiger partial charge on any atom is 0.191 e. The summed E-state index contributed by atoms with van der Waals surface area (Å²) in [6.45, 7) is 9.69. The molecule has 1 N–H and O–H groups in total. The molecule has 0 aliphatic rings. The van der Waals surface area contributed by atoms with Crippen LogP contribution in [0.4, 0.5) is 0 Å². The summed E-state index contributed by atoms with van der Waals surface area (Å²) < 4.78 is 1.94. The van der Waals surface area contributed by atoms with E-state index < -0.39 is 0 Å². The predicted octanol–water partition coefficient (Wildman–Crippen LogP) is 1.68. The Kier molecular flexibility index (Phi) is 4.16. The van der Waals surface area contributed by atoms with Crippen LogP contribution in [-0.4, -0.2) is 32.1 Å². The van der Waals surface area contributed by atoms with E-state index in [0.717, 1.165) is 11.7 Å². The Morgan fingerprint density at radius 3 is 2.67 bits per heavy atom. The number of rotatable bonds is 4. The molecule has 4 nitrogen and oxygen atoms in total. The molecule has 1 aromatic heterocycles. The Bertz CT molecular complexity index is 303. The molecule has 1 atom stereocenters. The molecule has 1 rings (SSSR count). The van der Waals surface area contributed by atoms with E-state index in [0.29, 0.717) is 5.25 Å². The third-order valence-corrected chi connectivity index (χ3v) is 3.05. The first-order valence-corrected chi connectivity index (χ1v) is 6.02. The van der Waals surface area contributed by atoms with Gasteiger partial charge in [0.1, 0.15) is 6.33 Å². The number of nitrogens with zero attached hydrogens (tertiary/aromatic N) is 3. The maximum atomic E-state index is 4.05. The molecule has 86 valence electrons. The second kappa shape index (κ2) is 4.99. The Labute approximate surface area is 95.9 Å². The first-order chi connectivity index (χ1) is 6.88. The average molecular weight is 228 g/mol. The summed E-state index contributed by atoms with van der Waals surface area (Å²) in [5, 5.41) is 12.8. The Morgan fingerprint density at radius 2 is 2.20 bits per heavy atom. The van der Waals surface area contributed by atoms with Gasteiger partial charge in [-0.3, -0.25) is 0 Å². The molecule has 0 aliphatic heterocycles. The summed E-state index contributed by atoms with van der Waals surface area (Å²) in [4.78, 5) is 0. The molecule has 0 radical (unpaired) electrons. The van der Waals surface area contributed by atoms with Crippen LogP contribution >= 0.6 is 11.8 Å². The number of hydrogen-bond donors (Lipinski definition) is 1. The average Bonchev–Trinajstić information content (AvgIpc) is 2.47. The fraction of sp³-hybridized carbons (Fsp3) is 0.800. The second-order valence-electron chi connectivity index (χ2n) is 4.78. The van der Waals surface area contributed by atoms with E-state index in [-0.39, 0.29) is 5.54 Å². The standard InChI is InChI=1S/C10H20N4S/c1-8(6-11-10(2,3)4)15-9-13-12-7-14(9)5/h7-8,11H,6H2,1-5H3. The minimum absolute atomic E-state index is 0.175. The van der Waals surface area contributed by atoms with Crippen molar-refractivity contribution >= 4 is 11.8 Å². The molecule has 1 heterocycles. The molecule has 0 amide bonds. The molecule has 0 saturated heterocycles. The predicted molar refractivity (Wildman–Crippen MR) is 64.1 cm³/mol. The van der Waals surface area contributed by atoms with Crippen molar-refractivity contribution < 1.29 is 0 Å². The van der Waals surface area contributed by atoms with Gasteiger partial charge in [-0.25, -0.2) is 0 Å². The van der Waals surface area contributed by atoms with Crippen LogP contribution in [0.25, 0.3) is 0 Å². The highest BCUT2D eigenvalue weighted by molar-refractivity contribution is 7.99. The second-order valence-corrected chi connectivity index (χ2v) is 6.19. The van der Waals surface area contributed by atoms with Crippen LogP contribution in [0.15, 0.2) is 11.5 Å². The van der Waals surface area contributed by atoms with Crippen LogP contribution in [0.5, 0.6) is 0 Å². The lowest BCUT2D eigenvalue weighted by atomic mass is 10.1. The summed E-state index contributed by atoms with van der Waals surface area (Å²) >= 11 is 1.74. The first-order valence-electron chi connectivity index (χ1n) is 5.14. The minimum Gasteiger partial charge on any atom is -0.312 e. The lowest BCUT2D eigenvalue weighted by molar-refractivity contribution is 0.429. The van der Waals surface area contributed by atoms with Gasteiger partial charge in [-0.2, -0.15) is 0 Å². The lowest BCUT2D eigenvalue weighted by Crippen LogP contribution is -2.39. The summed E-state index contributed by atoms with van der Waals surface area (Å²) in [5.74, 6) is 0. The van der Waals surface area contributed by atoms with E-state index in [9.17, 15) is 0 Å². The van der Waals surface area contributed by atoms with Crippen molar-refractivity contribution in [1.29, 1.82) is 0 Å². The van der Waals surface area contributed by atoms with Crippen LogP contribution in [0.3, 0.4) is 0 Å². The van der Waals surface area contributed by atoms with E-state index in [1.165, 1.54) is 0 Å². The van der Waals surface area contributed by atoms with Gasteiger partial charge in [-0.1, -0.05) is 18.7 Å². The van der Waals surface area contributed by atoms with Gasteiger partial charge in [0.2, 0.25) is 0 Å². The van der Waals surface area contributed by atoms with Crippen LogP contribution in [-0.2, 0) is 7.05 Å². The van der Waals surface area contributed by atoms with Gasteiger partial charge in [-0.15, -0.1) is 10.2 Å². The summed E-state index contributed by atoms with van der Waals surface area (Å²) in [7, 11) is 1.96. The minimum atomic E-state index is 0.175. The van der Waals surface area contributed by atoms with E-state index in [1.807, 2.05) is 11.6 Å². The highest BCUT2D eigenvalue weighted by atomic mass is 32.2. The third kappa shape index (κ3) is 4.66. The Hall–Kier alpha value is -0.550. The Balaban J connectivity index is 2.37.